The second-order valence-corrected chi connectivity index (χ2v) is 3.77. The number of hydrogen-bond donors (Lipinski definition) is 1. The van der Waals surface area contributed by atoms with E-state index in [1.807, 2.05) is 28.8 Å². The molecule has 15 heavy (non-hydrogen) atoms. The monoisotopic (exact) mass is 223 g/mol. The summed E-state index contributed by atoms with van der Waals surface area (Å²) in [4.78, 5) is 0.508. The molecule has 0 aliphatic rings. The minimum absolute atomic E-state index is 0.225. The fourth-order valence-corrected chi connectivity index (χ4v) is 1.89. The van der Waals surface area contributed by atoms with E-state index in [1.54, 1.807) is 0 Å². The van der Waals surface area contributed by atoms with Crippen LogP contribution < -0.4 is 0 Å². The number of oxazole rings is 1. The lowest BCUT2D eigenvalue weighted by molar-refractivity contribution is 0.281. The first-order chi connectivity index (χ1) is 7.33. The zero-order valence-electron chi connectivity index (χ0n) is 8.35. The third-order valence-electron chi connectivity index (χ3n) is 2.36. The number of aryl methyl sites for hydroxylation is 1. The van der Waals surface area contributed by atoms with Gasteiger partial charge in [0.05, 0.1) is 5.52 Å². The second kappa shape index (κ2) is 4.59. The van der Waals surface area contributed by atoms with E-state index in [0.29, 0.717) is 4.84 Å². The Morgan fingerprint density at radius 1 is 1.27 bits per heavy atom. The molecule has 0 radical (unpaired) electrons. The van der Waals surface area contributed by atoms with Gasteiger partial charge in [-0.3, -0.25) is 4.57 Å². The fourth-order valence-electron chi connectivity index (χ4n) is 1.61. The molecule has 0 bridgehead atoms. The minimum atomic E-state index is 0.225. The van der Waals surface area contributed by atoms with Crippen LogP contribution in [-0.4, -0.2) is 16.3 Å². The Bertz CT molecular complexity index is 501. The summed E-state index contributed by atoms with van der Waals surface area (Å²) in [6.07, 6.45) is 1.70. The van der Waals surface area contributed by atoms with E-state index >= 15 is 0 Å². The minimum Gasteiger partial charge on any atom is -0.429 e. The van der Waals surface area contributed by atoms with Crippen molar-refractivity contribution in [2.45, 2.75) is 19.4 Å². The van der Waals surface area contributed by atoms with Gasteiger partial charge in [0.15, 0.2) is 5.58 Å². The van der Waals surface area contributed by atoms with Gasteiger partial charge in [-0.05, 0) is 37.2 Å². The molecule has 0 amide bonds. The normalized spacial score (nSPS) is 11.0. The van der Waals surface area contributed by atoms with Crippen molar-refractivity contribution in [2.75, 3.05) is 6.61 Å². The maximum atomic E-state index is 8.72. The summed E-state index contributed by atoms with van der Waals surface area (Å²) in [6, 6.07) is 7.80. The van der Waals surface area contributed by atoms with Gasteiger partial charge in [0.2, 0.25) is 0 Å². The summed E-state index contributed by atoms with van der Waals surface area (Å²) in [6.45, 7) is 1.03. The number of fused-ring (bicyclic) bond motifs is 1. The van der Waals surface area contributed by atoms with Crippen LogP contribution in [-0.2, 0) is 6.54 Å². The van der Waals surface area contributed by atoms with Crippen LogP contribution in [0.2, 0.25) is 0 Å². The first-order valence-electron chi connectivity index (χ1n) is 5.02. The predicted molar refractivity (Wildman–Crippen MR) is 61.4 cm³/mol. The standard InChI is InChI=1S/C11H13NO2S/c13-8-4-3-7-12-9-5-1-2-6-10(9)14-11(12)15/h1-2,5-6,13H,3-4,7-8H2. The number of aromatic nitrogens is 1. The highest BCUT2D eigenvalue weighted by molar-refractivity contribution is 7.71. The summed E-state index contributed by atoms with van der Waals surface area (Å²) < 4.78 is 7.42. The molecule has 2 rings (SSSR count). The lowest BCUT2D eigenvalue weighted by atomic mass is 10.3. The second-order valence-electron chi connectivity index (χ2n) is 3.42. The van der Waals surface area contributed by atoms with Gasteiger partial charge in [0.25, 0.3) is 4.84 Å². The zero-order chi connectivity index (χ0) is 10.7. The molecule has 1 aromatic heterocycles. The molecule has 0 saturated carbocycles. The topological polar surface area (TPSA) is 38.3 Å². The molecule has 0 aliphatic carbocycles. The van der Waals surface area contributed by atoms with Crippen LogP contribution in [0.4, 0.5) is 0 Å². The zero-order valence-corrected chi connectivity index (χ0v) is 9.17. The van der Waals surface area contributed by atoms with Crippen molar-refractivity contribution in [1.29, 1.82) is 0 Å². The van der Waals surface area contributed by atoms with Gasteiger partial charge in [-0.25, -0.2) is 0 Å². The van der Waals surface area contributed by atoms with Crippen molar-refractivity contribution < 1.29 is 9.52 Å². The van der Waals surface area contributed by atoms with Crippen LogP contribution in [0.15, 0.2) is 28.7 Å². The third-order valence-corrected chi connectivity index (χ3v) is 2.67. The van der Waals surface area contributed by atoms with Crippen molar-refractivity contribution in [3.63, 3.8) is 0 Å². The first kappa shape index (κ1) is 10.4. The third kappa shape index (κ3) is 2.11. The van der Waals surface area contributed by atoms with Gasteiger partial charge in [-0.15, -0.1) is 0 Å². The molecule has 1 heterocycles. The molecule has 3 nitrogen and oxygen atoms in total. The maximum absolute atomic E-state index is 8.72. The quantitative estimate of drug-likeness (QED) is 0.639. The van der Waals surface area contributed by atoms with E-state index in [4.69, 9.17) is 21.7 Å². The predicted octanol–water partition coefficient (Wildman–Crippen LogP) is 2.74. The SMILES string of the molecule is OCCCCn1c(=S)oc2ccccc21. The number of para-hydroxylation sites is 2. The molecule has 80 valence electrons. The Morgan fingerprint density at radius 2 is 2.07 bits per heavy atom. The van der Waals surface area contributed by atoms with E-state index in [9.17, 15) is 0 Å². The summed E-state index contributed by atoms with van der Waals surface area (Å²) in [5.74, 6) is 0. The Morgan fingerprint density at radius 3 is 2.87 bits per heavy atom. The summed E-state index contributed by atoms with van der Waals surface area (Å²) in [5, 5.41) is 8.72. The van der Waals surface area contributed by atoms with E-state index in [0.717, 1.165) is 30.5 Å². The number of rotatable bonds is 4. The molecule has 2 aromatic rings. The Labute approximate surface area is 92.9 Å². The largest absolute Gasteiger partial charge is 0.429 e. The van der Waals surface area contributed by atoms with Gasteiger partial charge in [0, 0.05) is 13.2 Å². The van der Waals surface area contributed by atoms with E-state index < -0.39 is 0 Å². The summed E-state index contributed by atoms with van der Waals surface area (Å²) in [5.41, 5.74) is 1.85. The average Bonchev–Trinajstić information content (AvgIpc) is 2.56. The molecule has 4 heteroatoms. The maximum Gasteiger partial charge on any atom is 0.269 e. The lowest BCUT2D eigenvalue weighted by Gasteiger charge is -2.01. The average molecular weight is 223 g/mol. The summed E-state index contributed by atoms with van der Waals surface area (Å²) in [7, 11) is 0. The Hall–Kier alpha value is -1.13. The molecule has 1 aromatic carbocycles. The highest BCUT2D eigenvalue weighted by atomic mass is 32.1. The molecule has 0 saturated heterocycles. The van der Waals surface area contributed by atoms with E-state index in [1.165, 1.54) is 0 Å². The van der Waals surface area contributed by atoms with Gasteiger partial charge >= 0.3 is 0 Å². The Balaban J connectivity index is 2.33. The number of unbranched alkanes of at least 4 members (excludes halogenated alkanes) is 1. The lowest BCUT2D eigenvalue weighted by Crippen LogP contribution is -1.98. The number of hydrogen-bond acceptors (Lipinski definition) is 3. The number of aliphatic hydroxyl groups excluding tert-OH is 1. The highest BCUT2D eigenvalue weighted by Crippen LogP contribution is 2.17. The highest BCUT2D eigenvalue weighted by Gasteiger charge is 2.04. The molecule has 0 aliphatic heterocycles. The van der Waals surface area contributed by atoms with Crippen molar-refractivity contribution in [3.05, 3.63) is 29.1 Å². The molecule has 0 atom stereocenters. The van der Waals surface area contributed by atoms with Crippen molar-refractivity contribution in [1.82, 2.24) is 4.57 Å². The van der Waals surface area contributed by atoms with Crippen LogP contribution >= 0.6 is 12.2 Å². The molecule has 0 fully saturated rings. The first-order valence-corrected chi connectivity index (χ1v) is 5.43. The number of aliphatic hydroxyl groups is 1. The van der Waals surface area contributed by atoms with Crippen LogP contribution in [0.1, 0.15) is 12.8 Å². The van der Waals surface area contributed by atoms with Gasteiger partial charge in [0.1, 0.15) is 0 Å². The fraction of sp³-hybridized carbons (Fsp3) is 0.364. The van der Waals surface area contributed by atoms with Crippen LogP contribution in [0.5, 0.6) is 0 Å². The van der Waals surface area contributed by atoms with Crippen molar-refractivity contribution >= 4 is 23.3 Å². The molecule has 1 N–H and O–H groups in total. The van der Waals surface area contributed by atoms with Gasteiger partial charge < -0.3 is 9.52 Å². The Kier molecular flexibility index (Phi) is 3.18. The van der Waals surface area contributed by atoms with Crippen molar-refractivity contribution in [2.24, 2.45) is 0 Å². The molecule has 0 spiro atoms. The molecular formula is C11H13NO2S. The van der Waals surface area contributed by atoms with Crippen LogP contribution in [0, 0.1) is 4.84 Å². The van der Waals surface area contributed by atoms with Gasteiger partial charge in [-0.2, -0.15) is 0 Å². The molecular weight excluding hydrogens is 210 g/mol. The number of nitrogens with zero attached hydrogens (tertiary/aromatic N) is 1. The van der Waals surface area contributed by atoms with E-state index in [2.05, 4.69) is 0 Å². The van der Waals surface area contributed by atoms with Crippen LogP contribution in [0.3, 0.4) is 0 Å². The van der Waals surface area contributed by atoms with Crippen LogP contribution in [0.25, 0.3) is 11.1 Å². The number of benzene rings is 1. The van der Waals surface area contributed by atoms with Crippen molar-refractivity contribution in [3.8, 4) is 0 Å². The smallest absolute Gasteiger partial charge is 0.269 e. The van der Waals surface area contributed by atoms with E-state index in [-0.39, 0.29) is 6.61 Å². The van der Waals surface area contributed by atoms with Gasteiger partial charge in [-0.1, -0.05) is 12.1 Å². The summed E-state index contributed by atoms with van der Waals surface area (Å²) >= 11 is 5.14. The molecule has 0 unspecified atom stereocenters.